The summed E-state index contributed by atoms with van der Waals surface area (Å²) in [6.45, 7) is 0.228. The fraction of sp³-hybridized carbons (Fsp3) is 0.364. The van der Waals surface area contributed by atoms with Gasteiger partial charge in [0.25, 0.3) is 0 Å². The number of hydrogen-bond acceptors (Lipinski definition) is 4. The highest BCUT2D eigenvalue weighted by Crippen LogP contribution is 2.51. The first-order valence-electron chi connectivity index (χ1n) is 9.42. The number of carbonyl (C=O) groups excluding carboxylic acids is 1. The van der Waals surface area contributed by atoms with Gasteiger partial charge in [-0.3, -0.25) is 4.79 Å². The van der Waals surface area contributed by atoms with Crippen molar-refractivity contribution < 1.29 is 19.4 Å². The first kappa shape index (κ1) is 18.9. The lowest BCUT2D eigenvalue weighted by molar-refractivity contribution is -0.137. The fourth-order valence-electron chi connectivity index (χ4n) is 4.14. The van der Waals surface area contributed by atoms with Crippen LogP contribution < -0.4 is 5.32 Å². The van der Waals surface area contributed by atoms with Gasteiger partial charge in [0.1, 0.15) is 6.61 Å². The lowest BCUT2D eigenvalue weighted by atomic mass is 9.98. The largest absolute Gasteiger partial charge is 0.481 e. The maximum absolute atomic E-state index is 12.5. The summed E-state index contributed by atoms with van der Waals surface area (Å²) in [5.74, 6) is -0.921. The molecule has 1 saturated carbocycles. The number of thioether (sulfide) groups is 1. The van der Waals surface area contributed by atoms with Gasteiger partial charge in [0.2, 0.25) is 0 Å². The second-order valence-electron chi connectivity index (χ2n) is 7.39. The monoisotopic (exact) mass is 397 g/mol. The number of aliphatic carboxylic acids is 1. The zero-order valence-electron chi connectivity index (χ0n) is 15.7. The van der Waals surface area contributed by atoms with E-state index in [9.17, 15) is 14.7 Å². The van der Waals surface area contributed by atoms with Gasteiger partial charge in [-0.1, -0.05) is 48.5 Å². The second-order valence-corrected chi connectivity index (χ2v) is 8.61. The maximum Gasteiger partial charge on any atom is 0.407 e. The molecule has 2 aliphatic rings. The highest BCUT2D eigenvalue weighted by atomic mass is 32.2. The third-order valence-corrected chi connectivity index (χ3v) is 7.30. The number of carbonyl (C=O) groups is 2. The van der Waals surface area contributed by atoms with Crippen molar-refractivity contribution in [3.05, 3.63) is 59.7 Å². The maximum atomic E-state index is 12.5. The van der Waals surface area contributed by atoms with Gasteiger partial charge in [-0.15, -0.1) is 0 Å². The normalized spacial score (nSPS) is 17.3. The Morgan fingerprint density at radius 2 is 1.71 bits per heavy atom. The van der Waals surface area contributed by atoms with Crippen molar-refractivity contribution in [2.45, 2.75) is 36.0 Å². The molecule has 2 N–H and O–H groups in total. The number of benzene rings is 2. The summed E-state index contributed by atoms with van der Waals surface area (Å²) in [6.07, 6.45) is 3.14. The second kappa shape index (κ2) is 7.51. The Kier molecular flexibility index (Phi) is 5.06. The van der Waals surface area contributed by atoms with Gasteiger partial charge in [0, 0.05) is 10.7 Å². The van der Waals surface area contributed by atoms with E-state index in [1.54, 1.807) is 11.8 Å². The molecular formula is C22H23NO4S. The number of carboxylic acid groups (broad SMARTS) is 1. The SMILES string of the molecule is CSC1(C(CC(=O)O)NC(=O)OCC2c3ccccc3-c3ccccc32)CC1. The average Bonchev–Trinajstić information content (AvgIpc) is 3.43. The molecule has 0 heterocycles. The summed E-state index contributed by atoms with van der Waals surface area (Å²) in [5, 5.41) is 12.0. The molecule has 0 aromatic heterocycles. The molecule has 0 spiro atoms. The summed E-state index contributed by atoms with van der Waals surface area (Å²) < 4.78 is 5.39. The highest BCUT2D eigenvalue weighted by molar-refractivity contribution is 8.00. The Morgan fingerprint density at radius 3 is 2.21 bits per heavy atom. The molecule has 4 rings (SSSR count). The molecule has 1 amide bonds. The minimum absolute atomic E-state index is 0.00786. The van der Waals surface area contributed by atoms with Crippen molar-refractivity contribution in [3.63, 3.8) is 0 Å². The van der Waals surface area contributed by atoms with Crippen LogP contribution in [-0.2, 0) is 9.53 Å². The van der Waals surface area contributed by atoms with E-state index in [1.165, 1.54) is 11.1 Å². The Labute approximate surface area is 168 Å². The predicted octanol–water partition coefficient (Wildman–Crippen LogP) is 4.26. The van der Waals surface area contributed by atoms with Crippen molar-refractivity contribution >= 4 is 23.8 Å². The van der Waals surface area contributed by atoms with E-state index in [2.05, 4.69) is 29.6 Å². The molecule has 1 unspecified atom stereocenters. The molecule has 1 fully saturated rings. The summed E-state index contributed by atoms with van der Waals surface area (Å²) >= 11 is 1.62. The van der Waals surface area contributed by atoms with Gasteiger partial charge in [0.15, 0.2) is 0 Å². The quantitative estimate of drug-likeness (QED) is 0.730. The first-order valence-corrected chi connectivity index (χ1v) is 10.6. The minimum atomic E-state index is -0.913. The molecule has 146 valence electrons. The smallest absolute Gasteiger partial charge is 0.407 e. The molecule has 0 saturated heterocycles. The van der Waals surface area contributed by atoms with E-state index < -0.39 is 18.1 Å². The van der Waals surface area contributed by atoms with Crippen LogP contribution in [0.25, 0.3) is 11.1 Å². The highest BCUT2D eigenvalue weighted by Gasteiger charge is 2.50. The van der Waals surface area contributed by atoms with Gasteiger partial charge in [0.05, 0.1) is 12.5 Å². The van der Waals surface area contributed by atoms with Crippen LogP contribution in [0.2, 0.25) is 0 Å². The zero-order valence-corrected chi connectivity index (χ0v) is 16.5. The van der Waals surface area contributed by atoms with Crippen LogP contribution in [0.5, 0.6) is 0 Å². The molecule has 1 atom stereocenters. The number of carboxylic acids is 1. The van der Waals surface area contributed by atoms with Crippen molar-refractivity contribution in [3.8, 4) is 11.1 Å². The number of ether oxygens (including phenoxy) is 1. The molecular weight excluding hydrogens is 374 g/mol. The van der Waals surface area contributed by atoms with E-state index in [0.29, 0.717) is 0 Å². The molecule has 2 aromatic rings. The van der Waals surface area contributed by atoms with Crippen LogP contribution in [0, 0.1) is 0 Å². The third-order valence-electron chi connectivity index (χ3n) is 5.80. The molecule has 5 nitrogen and oxygen atoms in total. The van der Waals surface area contributed by atoms with Gasteiger partial charge in [-0.2, -0.15) is 11.8 Å². The van der Waals surface area contributed by atoms with E-state index in [1.807, 2.05) is 30.5 Å². The Balaban J connectivity index is 1.45. The van der Waals surface area contributed by atoms with E-state index >= 15 is 0 Å². The lowest BCUT2D eigenvalue weighted by Gasteiger charge is -2.25. The third kappa shape index (κ3) is 3.49. The summed E-state index contributed by atoms with van der Waals surface area (Å²) in [7, 11) is 0. The van der Waals surface area contributed by atoms with Crippen LogP contribution in [0.4, 0.5) is 4.79 Å². The standard InChI is InChI=1S/C22H23NO4S/c1-28-22(10-11-22)19(12-20(24)25)23-21(26)27-13-18-16-8-4-2-6-14(16)15-7-3-5-9-17(15)18/h2-9,18-19H,10-13H2,1H3,(H,23,26)(H,24,25). The molecule has 0 aliphatic heterocycles. The van der Waals surface area contributed by atoms with E-state index in [4.69, 9.17) is 4.74 Å². The Bertz CT molecular complexity index is 863. The van der Waals surface area contributed by atoms with Crippen LogP contribution in [0.15, 0.2) is 48.5 Å². The molecule has 2 aromatic carbocycles. The fourth-order valence-corrected chi connectivity index (χ4v) is 5.08. The molecule has 0 radical (unpaired) electrons. The van der Waals surface area contributed by atoms with Crippen LogP contribution >= 0.6 is 11.8 Å². The topological polar surface area (TPSA) is 75.6 Å². The summed E-state index contributed by atoms with van der Waals surface area (Å²) in [4.78, 5) is 23.7. The van der Waals surface area contributed by atoms with Crippen LogP contribution in [0.3, 0.4) is 0 Å². The molecule has 0 bridgehead atoms. The van der Waals surface area contributed by atoms with Gasteiger partial charge in [-0.05, 0) is 41.4 Å². The molecule has 6 heteroatoms. The van der Waals surface area contributed by atoms with Crippen molar-refractivity contribution in [2.75, 3.05) is 12.9 Å². The lowest BCUT2D eigenvalue weighted by Crippen LogP contribution is -2.45. The Morgan fingerprint density at radius 1 is 1.14 bits per heavy atom. The van der Waals surface area contributed by atoms with Gasteiger partial charge in [-0.25, -0.2) is 4.79 Å². The summed E-state index contributed by atoms with van der Waals surface area (Å²) in [5.41, 5.74) is 4.66. The van der Waals surface area contributed by atoms with E-state index in [-0.39, 0.29) is 23.7 Å². The summed E-state index contributed by atoms with van der Waals surface area (Å²) in [6, 6.07) is 15.9. The average molecular weight is 397 g/mol. The van der Waals surface area contributed by atoms with Crippen molar-refractivity contribution in [1.29, 1.82) is 0 Å². The number of fused-ring (bicyclic) bond motifs is 3. The number of nitrogens with one attached hydrogen (secondary N) is 1. The van der Waals surface area contributed by atoms with Gasteiger partial charge >= 0.3 is 12.1 Å². The van der Waals surface area contributed by atoms with Crippen molar-refractivity contribution in [1.82, 2.24) is 5.32 Å². The number of hydrogen-bond donors (Lipinski definition) is 2. The number of rotatable bonds is 7. The van der Waals surface area contributed by atoms with E-state index in [0.717, 1.165) is 24.0 Å². The molecule has 28 heavy (non-hydrogen) atoms. The van der Waals surface area contributed by atoms with Gasteiger partial charge < -0.3 is 15.2 Å². The number of amides is 1. The van der Waals surface area contributed by atoms with Crippen molar-refractivity contribution in [2.24, 2.45) is 0 Å². The minimum Gasteiger partial charge on any atom is -0.481 e. The predicted molar refractivity (Wildman–Crippen MR) is 110 cm³/mol. The van der Waals surface area contributed by atoms with Crippen LogP contribution in [-0.4, -0.2) is 40.8 Å². The Hall–Kier alpha value is -2.47. The first-order chi connectivity index (χ1) is 13.5. The zero-order chi connectivity index (χ0) is 19.7. The number of alkyl carbamates (subject to hydrolysis) is 1. The van der Waals surface area contributed by atoms with Crippen LogP contribution in [0.1, 0.15) is 36.3 Å². The molecule has 2 aliphatic carbocycles.